The van der Waals surface area contributed by atoms with Crippen LogP contribution >= 0.6 is 0 Å². The molecule has 0 fully saturated rings. The number of fused-ring (bicyclic) bond motifs is 1. The van der Waals surface area contributed by atoms with E-state index in [4.69, 9.17) is 4.74 Å². The maximum Gasteiger partial charge on any atom is 0.165 e. The van der Waals surface area contributed by atoms with Crippen LogP contribution < -0.4 is 0 Å². The number of ether oxygens (including phenoxy) is 1. The van der Waals surface area contributed by atoms with Crippen LogP contribution in [0.1, 0.15) is 40.0 Å². The van der Waals surface area contributed by atoms with E-state index < -0.39 is 0 Å². The zero-order valence-corrected chi connectivity index (χ0v) is 9.18. The third-order valence-corrected chi connectivity index (χ3v) is 2.97. The normalized spacial score (nSPS) is 20.1. The van der Waals surface area contributed by atoms with E-state index in [1.165, 1.54) is 22.3 Å². The van der Waals surface area contributed by atoms with Gasteiger partial charge in [-0.15, -0.1) is 0 Å². The standard InChI is InChI=1S/C13H17O/c1-4-9-7-10-8-14-12(6-3)13(10)11(9)5-2/h7-8H,4-6H2,1-3H3. The molecule has 1 radical (unpaired) electrons. The molecule has 75 valence electrons. The Balaban J connectivity index is 2.46. The van der Waals surface area contributed by atoms with Crippen molar-refractivity contribution in [2.75, 3.05) is 0 Å². The molecule has 0 N–H and O–H groups in total. The first-order valence-electron chi connectivity index (χ1n) is 5.49. The summed E-state index contributed by atoms with van der Waals surface area (Å²) in [6.07, 6.45) is 5.50. The Kier molecular flexibility index (Phi) is 2.49. The van der Waals surface area contributed by atoms with Crippen LogP contribution in [-0.4, -0.2) is 0 Å². The monoisotopic (exact) mass is 189 g/mol. The smallest absolute Gasteiger partial charge is 0.165 e. The van der Waals surface area contributed by atoms with Gasteiger partial charge in [-0.1, -0.05) is 26.8 Å². The molecule has 0 saturated carbocycles. The Morgan fingerprint density at radius 2 is 1.86 bits per heavy atom. The van der Waals surface area contributed by atoms with Crippen molar-refractivity contribution in [2.24, 2.45) is 0 Å². The second kappa shape index (κ2) is 3.64. The highest BCUT2D eigenvalue weighted by Crippen LogP contribution is 2.43. The zero-order valence-electron chi connectivity index (χ0n) is 9.18. The molecule has 1 aliphatic heterocycles. The van der Waals surface area contributed by atoms with Crippen LogP contribution in [-0.2, 0) is 4.74 Å². The summed E-state index contributed by atoms with van der Waals surface area (Å²) in [5.41, 5.74) is 5.65. The average molecular weight is 189 g/mol. The molecule has 0 aromatic heterocycles. The van der Waals surface area contributed by atoms with Gasteiger partial charge in [-0.2, -0.15) is 0 Å². The van der Waals surface area contributed by atoms with E-state index in [0.717, 1.165) is 25.0 Å². The Bertz CT molecular complexity index is 342. The summed E-state index contributed by atoms with van der Waals surface area (Å²) in [4.78, 5) is 0. The lowest BCUT2D eigenvalue weighted by Gasteiger charge is -2.06. The van der Waals surface area contributed by atoms with Gasteiger partial charge in [0, 0.05) is 17.6 Å². The molecule has 0 unspecified atom stereocenters. The summed E-state index contributed by atoms with van der Waals surface area (Å²) >= 11 is 0. The molecule has 14 heavy (non-hydrogen) atoms. The van der Waals surface area contributed by atoms with Gasteiger partial charge < -0.3 is 4.74 Å². The highest BCUT2D eigenvalue weighted by molar-refractivity contribution is 5.64. The molecule has 0 atom stereocenters. The highest BCUT2D eigenvalue weighted by atomic mass is 16.5. The number of allylic oxidation sites excluding steroid dienone is 4. The summed E-state index contributed by atoms with van der Waals surface area (Å²) in [5.74, 6) is 1.15. The summed E-state index contributed by atoms with van der Waals surface area (Å²) in [6.45, 7) is 8.49. The summed E-state index contributed by atoms with van der Waals surface area (Å²) in [7, 11) is 0. The van der Waals surface area contributed by atoms with E-state index >= 15 is 0 Å². The Labute approximate surface area is 86.2 Å². The summed E-state index contributed by atoms with van der Waals surface area (Å²) < 4.78 is 5.55. The molecular formula is C13H17O. The molecule has 1 heteroatoms. The van der Waals surface area contributed by atoms with Gasteiger partial charge in [0.05, 0.1) is 0 Å². The molecule has 2 aliphatic rings. The molecule has 1 aliphatic carbocycles. The second-order valence-corrected chi connectivity index (χ2v) is 3.70. The fourth-order valence-electron chi connectivity index (χ4n) is 2.28. The molecule has 0 spiro atoms. The van der Waals surface area contributed by atoms with E-state index in [1.807, 2.05) is 6.61 Å². The van der Waals surface area contributed by atoms with E-state index in [0.29, 0.717) is 0 Å². The van der Waals surface area contributed by atoms with Gasteiger partial charge in [0.15, 0.2) is 6.61 Å². The minimum Gasteiger partial charge on any atom is -0.485 e. The summed E-state index contributed by atoms with van der Waals surface area (Å²) in [6, 6.07) is 0. The third kappa shape index (κ3) is 1.23. The third-order valence-electron chi connectivity index (χ3n) is 2.97. The van der Waals surface area contributed by atoms with Crippen molar-refractivity contribution >= 4 is 0 Å². The van der Waals surface area contributed by atoms with Crippen molar-refractivity contribution in [1.29, 1.82) is 0 Å². The lowest BCUT2D eigenvalue weighted by atomic mass is 9.99. The van der Waals surface area contributed by atoms with Crippen molar-refractivity contribution < 1.29 is 4.74 Å². The van der Waals surface area contributed by atoms with E-state index in [1.54, 1.807) is 0 Å². The molecule has 0 amide bonds. The predicted molar refractivity (Wildman–Crippen MR) is 58.4 cm³/mol. The molecule has 1 nitrogen and oxygen atoms in total. The van der Waals surface area contributed by atoms with Gasteiger partial charge in [-0.05, 0) is 24.0 Å². The van der Waals surface area contributed by atoms with Crippen LogP contribution in [0.3, 0.4) is 0 Å². The van der Waals surface area contributed by atoms with E-state index in [2.05, 4.69) is 26.8 Å². The fourth-order valence-corrected chi connectivity index (χ4v) is 2.28. The Morgan fingerprint density at radius 1 is 1.07 bits per heavy atom. The van der Waals surface area contributed by atoms with Gasteiger partial charge in [0.1, 0.15) is 5.76 Å². The predicted octanol–water partition coefficient (Wildman–Crippen LogP) is 3.90. The molecule has 1 heterocycles. The molecule has 0 aromatic rings. The van der Waals surface area contributed by atoms with E-state index in [9.17, 15) is 0 Å². The first-order valence-corrected chi connectivity index (χ1v) is 5.49. The van der Waals surface area contributed by atoms with Crippen LogP contribution in [0.15, 0.2) is 34.1 Å². The number of rotatable bonds is 3. The Morgan fingerprint density at radius 3 is 2.43 bits per heavy atom. The molecule has 2 rings (SSSR count). The second-order valence-electron chi connectivity index (χ2n) is 3.70. The zero-order chi connectivity index (χ0) is 10.1. The molecule has 0 bridgehead atoms. The van der Waals surface area contributed by atoms with Crippen molar-refractivity contribution in [3.8, 4) is 0 Å². The van der Waals surface area contributed by atoms with Crippen LogP contribution in [0.4, 0.5) is 0 Å². The van der Waals surface area contributed by atoms with Crippen molar-refractivity contribution in [2.45, 2.75) is 40.0 Å². The van der Waals surface area contributed by atoms with Crippen LogP contribution in [0.2, 0.25) is 0 Å². The maximum atomic E-state index is 5.55. The van der Waals surface area contributed by atoms with E-state index in [-0.39, 0.29) is 0 Å². The highest BCUT2D eigenvalue weighted by Gasteiger charge is 2.28. The maximum absolute atomic E-state index is 5.55. The molecule has 0 aromatic carbocycles. The lowest BCUT2D eigenvalue weighted by molar-refractivity contribution is 0.311. The van der Waals surface area contributed by atoms with Gasteiger partial charge in [0.2, 0.25) is 0 Å². The lowest BCUT2D eigenvalue weighted by Crippen LogP contribution is -1.89. The summed E-state index contributed by atoms with van der Waals surface area (Å²) in [5, 5.41) is 0. The Hall–Kier alpha value is -0.980. The minimum atomic E-state index is 0.990. The number of hydrogen-bond donors (Lipinski definition) is 0. The van der Waals surface area contributed by atoms with Crippen LogP contribution in [0.5, 0.6) is 0 Å². The van der Waals surface area contributed by atoms with Crippen molar-refractivity contribution in [3.63, 3.8) is 0 Å². The van der Waals surface area contributed by atoms with Gasteiger partial charge in [-0.25, -0.2) is 0 Å². The topological polar surface area (TPSA) is 9.23 Å². The minimum absolute atomic E-state index is 0.990. The first kappa shape index (κ1) is 9.57. The van der Waals surface area contributed by atoms with Gasteiger partial charge in [0.25, 0.3) is 0 Å². The average Bonchev–Trinajstić information content (AvgIpc) is 2.74. The molecular weight excluding hydrogens is 172 g/mol. The van der Waals surface area contributed by atoms with Crippen LogP contribution in [0.25, 0.3) is 0 Å². The van der Waals surface area contributed by atoms with Gasteiger partial charge in [-0.3, -0.25) is 0 Å². The molecule has 0 saturated heterocycles. The van der Waals surface area contributed by atoms with Gasteiger partial charge >= 0.3 is 0 Å². The number of hydrogen-bond acceptors (Lipinski definition) is 1. The fraction of sp³-hybridized carbons (Fsp3) is 0.462. The van der Waals surface area contributed by atoms with Crippen LogP contribution in [0, 0.1) is 6.61 Å². The largest absolute Gasteiger partial charge is 0.485 e. The first-order chi connectivity index (χ1) is 6.81. The quantitative estimate of drug-likeness (QED) is 0.654. The SMILES string of the molecule is CCC1=C(CC)C2=C(CC)O[CH]C2=C1. The van der Waals surface area contributed by atoms with Crippen molar-refractivity contribution in [3.05, 3.63) is 40.7 Å². The van der Waals surface area contributed by atoms with Crippen molar-refractivity contribution in [1.82, 2.24) is 0 Å².